The number of amides is 1. The van der Waals surface area contributed by atoms with E-state index < -0.39 is 0 Å². The summed E-state index contributed by atoms with van der Waals surface area (Å²) in [5.74, 6) is 0.698. The van der Waals surface area contributed by atoms with Crippen molar-refractivity contribution in [1.82, 2.24) is 15.1 Å². The van der Waals surface area contributed by atoms with Gasteiger partial charge in [0.2, 0.25) is 0 Å². The highest BCUT2D eigenvalue weighted by Crippen LogP contribution is 2.53. The molecule has 0 radical (unpaired) electrons. The van der Waals surface area contributed by atoms with Crippen molar-refractivity contribution in [3.8, 4) is 0 Å². The first-order valence-corrected chi connectivity index (χ1v) is 9.30. The predicted molar refractivity (Wildman–Crippen MR) is 94.0 cm³/mol. The van der Waals surface area contributed by atoms with Gasteiger partial charge >= 0.3 is 0 Å². The van der Waals surface area contributed by atoms with Crippen molar-refractivity contribution in [2.24, 2.45) is 4.99 Å². The molecule has 0 bridgehead atoms. The normalized spacial score (nSPS) is 29.5. The summed E-state index contributed by atoms with van der Waals surface area (Å²) >= 11 is 1.51. The average molecular weight is 358 g/mol. The Morgan fingerprint density at radius 2 is 2.32 bits per heavy atom. The number of hydrogen-bond donors (Lipinski definition) is 2. The summed E-state index contributed by atoms with van der Waals surface area (Å²) in [7, 11) is 0. The van der Waals surface area contributed by atoms with Crippen molar-refractivity contribution in [2.45, 2.75) is 30.8 Å². The lowest BCUT2D eigenvalue weighted by molar-refractivity contribution is -0.116. The predicted octanol–water partition coefficient (Wildman–Crippen LogP) is 0.957. The SMILES string of the molecule is C[C@@H]1CC2=C3C(=C(c4cn[nH]c4)SC3C(=O)N=C2CN2CC(O)C2)O1. The molecule has 0 spiro atoms. The average Bonchev–Trinajstić information content (AvgIpc) is 3.18. The maximum Gasteiger partial charge on any atom is 0.264 e. The number of aromatic nitrogens is 2. The largest absolute Gasteiger partial charge is 0.489 e. The molecule has 4 aliphatic rings. The minimum absolute atomic E-state index is 0.0374. The number of dihydropyridines is 1. The van der Waals surface area contributed by atoms with Crippen molar-refractivity contribution < 1.29 is 14.6 Å². The number of aliphatic hydroxyl groups excluding tert-OH is 1. The van der Waals surface area contributed by atoms with Crippen LogP contribution in [0.4, 0.5) is 0 Å². The zero-order valence-electron chi connectivity index (χ0n) is 13.7. The molecule has 1 fully saturated rings. The number of hydrogen-bond acceptors (Lipinski definition) is 6. The number of aliphatic imine (C=N–C) groups is 1. The highest BCUT2D eigenvalue weighted by atomic mass is 32.2. The third kappa shape index (κ3) is 2.39. The summed E-state index contributed by atoms with van der Waals surface area (Å²) in [4.78, 5) is 20.1. The van der Waals surface area contributed by atoms with E-state index in [0.29, 0.717) is 19.6 Å². The zero-order valence-corrected chi connectivity index (χ0v) is 14.5. The van der Waals surface area contributed by atoms with E-state index in [1.807, 2.05) is 13.1 Å². The molecule has 0 saturated carbocycles. The number of β-amino-alcohol motifs (C(OH)–C–C–N with tert-alkyl or cyclic N) is 1. The number of H-pyrrole nitrogens is 1. The molecular weight excluding hydrogens is 340 g/mol. The van der Waals surface area contributed by atoms with E-state index in [0.717, 1.165) is 39.5 Å². The van der Waals surface area contributed by atoms with Gasteiger partial charge < -0.3 is 9.84 Å². The molecule has 7 nitrogen and oxygen atoms in total. The first kappa shape index (κ1) is 15.4. The fourth-order valence-electron chi connectivity index (χ4n) is 3.82. The maximum absolute atomic E-state index is 12.7. The monoisotopic (exact) mass is 358 g/mol. The Kier molecular flexibility index (Phi) is 3.41. The Bertz CT molecular complexity index is 836. The van der Waals surface area contributed by atoms with Gasteiger partial charge in [0.25, 0.3) is 5.91 Å². The van der Waals surface area contributed by atoms with E-state index >= 15 is 0 Å². The molecule has 1 saturated heterocycles. The molecule has 5 rings (SSSR count). The number of aliphatic hydroxyl groups is 1. The molecule has 8 heteroatoms. The number of nitrogens with one attached hydrogen (secondary N) is 1. The van der Waals surface area contributed by atoms with Crippen molar-refractivity contribution in [2.75, 3.05) is 19.6 Å². The standard InChI is InChI=1S/C17H18N4O3S/c1-8-2-11-12(7-21-5-10(22)6-21)20-17(23)16-13(11)14(24-8)15(25-16)9-3-18-19-4-9/h3-4,8,10,16,22H,2,5-7H2,1H3,(H,18,19)/t8-,16?/m1/s1. The molecule has 0 aromatic carbocycles. The second-order valence-corrected chi connectivity index (χ2v) is 8.03. The number of nitrogens with zero attached hydrogens (tertiary/aromatic N) is 3. The lowest BCUT2D eigenvalue weighted by Gasteiger charge is -2.38. The van der Waals surface area contributed by atoms with Gasteiger partial charge in [-0.05, 0) is 12.5 Å². The summed E-state index contributed by atoms with van der Waals surface area (Å²) in [5.41, 5.74) is 3.92. The molecule has 25 heavy (non-hydrogen) atoms. The molecule has 1 aromatic heterocycles. The first-order valence-electron chi connectivity index (χ1n) is 8.42. The Morgan fingerprint density at radius 3 is 3.04 bits per heavy atom. The Hall–Kier alpha value is -1.90. The number of thioether (sulfide) groups is 1. The molecule has 130 valence electrons. The molecule has 2 atom stereocenters. The van der Waals surface area contributed by atoms with Crippen LogP contribution in [-0.4, -0.2) is 68.9 Å². The molecule has 2 N–H and O–H groups in total. The summed E-state index contributed by atoms with van der Waals surface area (Å²) in [6, 6.07) is 0. The van der Waals surface area contributed by atoms with Gasteiger partial charge in [0, 0.05) is 43.4 Å². The fourth-order valence-corrected chi connectivity index (χ4v) is 5.09. The summed E-state index contributed by atoms with van der Waals surface area (Å²) < 4.78 is 6.14. The fraction of sp³-hybridized carbons (Fsp3) is 0.471. The van der Waals surface area contributed by atoms with Crippen LogP contribution in [0, 0.1) is 0 Å². The number of carbonyl (C=O) groups is 1. The van der Waals surface area contributed by atoms with Gasteiger partial charge in [-0.2, -0.15) is 5.10 Å². The van der Waals surface area contributed by atoms with E-state index in [1.165, 1.54) is 11.8 Å². The van der Waals surface area contributed by atoms with Crippen molar-refractivity contribution in [3.63, 3.8) is 0 Å². The third-order valence-electron chi connectivity index (χ3n) is 4.97. The molecule has 1 aromatic rings. The Morgan fingerprint density at radius 1 is 1.48 bits per heavy atom. The third-order valence-corrected chi connectivity index (χ3v) is 6.30. The van der Waals surface area contributed by atoms with Gasteiger partial charge in [-0.25, -0.2) is 4.99 Å². The van der Waals surface area contributed by atoms with Gasteiger partial charge in [-0.1, -0.05) is 0 Å². The molecule has 1 unspecified atom stereocenters. The Balaban J connectivity index is 1.57. The van der Waals surface area contributed by atoms with Crippen LogP contribution in [-0.2, 0) is 9.53 Å². The maximum atomic E-state index is 12.7. The number of aromatic amines is 1. The number of ether oxygens (including phenoxy) is 1. The number of rotatable bonds is 3. The lowest BCUT2D eigenvalue weighted by Crippen LogP contribution is -2.53. The van der Waals surface area contributed by atoms with Gasteiger partial charge in [0.05, 0.1) is 22.9 Å². The molecule has 1 amide bonds. The molecule has 4 aliphatic heterocycles. The van der Waals surface area contributed by atoms with Gasteiger partial charge in [-0.15, -0.1) is 11.8 Å². The van der Waals surface area contributed by atoms with E-state index in [9.17, 15) is 9.90 Å². The van der Waals surface area contributed by atoms with Crippen LogP contribution in [0.25, 0.3) is 4.91 Å². The van der Waals surface area contributed by atoms with Gasteiger partial charge in [0.1, 0.15) is 17.1 Å². The minimum Gasteiger partial charge on any atom is -0.489 e. The van der Waals surface area contributed by atoms with Crippen molar-refractivity contribution >= 4 is 28.3 Å². The number of likely N-dealkylation sites (tertiary alicyclic amines) is 1. The Labute approximate surface area is 148 Å². The minimum atomic E-state index is -0.312. The first-order chi connectivity index (χ1) is 12.1. The second-order valence-electron chi connectivity index (χ2n) is 6.91. The highest BCUT2D eigenvalue weighted by molar-refractivity contribution is 8.10. The van der Waals surface area contributed by atoms with Crippen LogP contribution in [0.3, 0.4) is 0 Å². The lowest BCUT2D eigenvalue weighted by atomic mass is 9.88. The zero-order chi connectivity index (χ0) is 17.1. The van der Waals surface area contributed by atoms with E-state index in [1.54, 1.807) is 6.20 Å². The van der Waals surface area contributed by atoms with Crippen LogP contribution >= 0.6 is 11.8 Å². The summed E-state index contributed by atoms with van der Waals surface area (Å²) in [5, 5.41) is 16.0. The summed E-state index contributed by atoms with van der Waals surface area (Å²) in [6.07, 6.45) is 4.11. The number of allylic oxidation sites excluding steroid dienone is 1. The quantitative estimate of drug-likeness (QED) is 0.836. The topological polar surface area (TPSA) is 90.8 Å². The van der Waals surface area contributed by atoms with E-state index in [-0.39, 0.29) is 23.4 Å². The van der Waals surface area contributed by atoms with Crippen LogP contribution in [0.1, 0.15) is 18.9 Å². The van der Waals surface area contributed by atoms with Crippen molar-refractivity contribution in [3.05, 3.63) is 34.9 Å². The van der Waals surface area contributed by atoms with Crippen LogP contribution in [0.5, 0.6) is 0 Å². The second kappa shape index (κ2) is 5.55. The van der Waals surface area contributed by atoms with Crippen LogP contribution in [0.2, 0.25) is 0 Å². The summed E-state index contributed by atoms with van der Waals surface area (Å²) in [6.45, 7) is 3.94. The van der Waals surface area contributed by atoms with Gasteiger partial charge in [0.15, 0.2) is 0 Å². The van der Waals surface area contributed by atoms with Crippen LogP contribution < -0.4 is 0 Å². The van der Waals surface area contributed by atoms with E-state index in [4.69, 9.17) is 4.74 Å². The van der Waals surface area contributed by atoms with Gasteiger partial charge in [-0.3, -0.25) is 14.8 Å². The van der Waals surface area contributed by atoms with Crippen LogP contribution in [0.15, 0.2) is 34.3 Å². The van der Waals surface area contributed by atoms with E-state index in [2.05, 4.69) is 20.1 Å². The molecular formula is C17H18N4O3S. The molecule has 5 heterocycles. The van der Waals surface area contributed by atoms with Crippen molar-refractivity contribution in [1.29, 1.82) is 0 Å². The smallest absolute Gasteiger partial charge is 0.264 e. The molecule has 0 aliphatic carbocycles. The number of carbonyl (C=O) groups excluding carboxylic acids is 1. The highest BCUT2D eigenvalue weighted by Gasteiger charge is 2.46.